The fourth-order valence-corrected chi connectivity index (χ4v) is 3.00. The van der Waals surface area contributed by atoms with Gasteiger partial charge in [0.1, 0.15) is 5.60 Å². The molecule has 28 heavy (non-hydrogen) atoms. The second-order valence-corrected chi connectivity index (χ2v) is 8.24. The van der Waals surface area contributed by atoms with Crippen LogP contribution in [0.3, 0.4) is 0 Å². The summed E-state index contributed by atoms with van der Waals surface area (Å²) in [4.78, 5) is 28.7. The number of benzene rings is 1. The van der Waals surface area contributed by atoms with Crippen molar-refractivity contribution in [2.45, 2.75) is 52.1 Å². The molecular weight excluding hydrogens is 424 g/mol. The molecular formula is C20H27BrN4O3. The van der Waals surface area contributed by atoms with Crippen molar-refractivity contribution in [2.75, 3.05) is 16.4 Å². The number of aromatic nitrogens is 2. The Bertz CT molecular complexity index is 827. The monoisotopic (exact) mass is 450 g/mol. The molecule has 1 aromatic heterocycles. The van der Waals surface area contributed by atoms with Gasteiger partial charge in [-0.15, -0.1) is 0 Å². The van der Waals surface area contributed by atoms with Gasteiger partial charge in [0.2, 0.25) is 11.9 Å². The van der Waals surface area contributed by atoms with Gasteiger partial charge in [0.05, 0.1) is 11.9 Å². The van der Waals surface area contributed by atoms with Crippen LogP contribution in [-0.4, -0.2) is 32.5 Å². The number of unbranched alkanes of at least 4 members (excludes halogenated alkanes) is 2. The molecule has 2 rings (SSSR count). The van der Waals surface area contributed by atoms with E-state index in [9.17, 15) is 9.59 Å². The molecule has 0 radical (unpaired) electrons. The van der Waals surface area contributed by atoms with E-state index in [1.54, 1.807) is 39.0 Å². The summed E-state index contributed by atoms with van der Waals surface area (Å²) >= 11 is 3.38. The molecule has 1 amide bonds. The first kappa shape index (κ1) is 21.9. The molecule has 2 aromatic rings. The van der Waals surface area contributed by atoms with E-state index in [1.807, 2.05) is 6.07 Å². The van der Waals surface area contributed by atoms with Crippen molar-refractivity contribution in [3.05, 3.63) is 30.5 Å². The first-order valence-corrected chi connectivity index (χ1v) is 10.4. The molecule has 0 atom stereocenters. The summed E-state index contributed by atoms with van der Waals surface area (Å²) in [5, 5.41) is 3.84. The second-order valence-electron chi connectivity index (χ2n) is 7.45. The van der Waals surface area contributed by atoms with Gasteiger partial charge in [0.15, 0.2) is 0 Å². The predicted molar refractivity (Wildman–Crippen MR) is 115 cm³/mol. The summed E-state index contributed by atoms with van der Waals surface area (Å²) in [5.74, 6) is 0.0115. The number of nitrogens with one attached hydrogen (secondary N) is 1. The van der Waals surface area contributed by atoms with E-state index < -0.39 is 11.7 Å². The topological polar surface area (TPSA) is 99.2 Å². The van der Waals surface area contributed by atoms with E-state index in [1.165, 1.54) is 10.8 Å². The van der Waals surface area contributed by atoms with Crippen molar-refractivity contribution < 1.29 is 14.3 Å². The number of amides is 1. The summed E-state index contributed by atoms with van der Waals surface area (Å²) in [7, 11) is 0. The molecule has 0 fully saturated rings. The summed E-state index contributed by atoms with van der Waals surface area (Å²) in [6, 6.07) is 7.21. The molecule has 0 aliphatic rings. The Morgan fingerprint density at radius 3 is 2.68 bits per heavy atom. The lowest BCUT2D eigenvalue weighted by atomic mass is 10.1. The smallest absolute Gasteiger partial charge is 0.421 e. The largest absolute Gasteiger partial charge is 0.443 e. The third kappa shape index (κ3) is 6.37. The Kier molecular flexibility index (Phi) is 7.62. The zero-order chi connectivity index (χ0) is 20.7. The van der Waals surface area contributed by atoms with Gasteiger partial charge in [-0.2, -0.15) is 0 Å². The van der Waals surface area contributed by atoms with Crippen LogP contribution in [0.1, 0.15) is 46.5 Å². The van der Waals surface area contributed by atoms with Gasteiger partial charge in [-0.25, -0.2) is 14.3 Å². The molecule has 1 aromatic carbocycles. The van der Waals surface area contributed by atoms with Crippen molar-refractivity contribution in [1.29, 1.82) is 0 Å². The molecule has 152 valence electrons. The number of nitrogens with zero attached hydrogens (tertiary/aromatic N) is 2. The van der Waals surface area contributed by atoms with E-state index in [4.69, 9.17) is 10.5 Å². The lowest BCUT2D eigenvalue weighted by Gasteiger charge is -2.20. The van der Waals surface area contributed by atoms with Crippen molar-refractivity contribution in [1.82, 2.24) is 9.55 Å². The molecule has 7 nitrogen and oxygen atoms in total. The van der Waals surface area contributed by atoms with Crippen molar-refractivity contribution in [3.63, 3.8) is 0 Å². The maximum atomic E-state index is 12.5. The number of imidazole rings is 1. The minimum atomic E-state index is -0.657. The van der Waals surface area contributed by atoms with E-state index >= 15 is 0 Å². The van der Waals surface area contributed by atoms with Gasteiger partial charge in [-0.3, -0.25) is 4.79 Å². The number of rotatable bonds is 7. The number of halogens is 1. The number of alkyl halides is 1. The zero-order valence-electron chi connectivity index (χ0n) is 16.5. The second kappa shape index (κ2) is 9.73. The van der Waals surface area contributed by atoms with Crippen LogP contribution in [0.2, 0.25) is 0 Å². The van der Waals surface area contributed by atoms with Gasteiger partial charge >= 0.3 is 6.09 Å². The minimum absolute atomic E-state index is 0.0353. The Balaban J connectivity index is 2.16. The maximum Gasteiger partial charge on any atom is 0.421 e. The number of nitrogens with two attached hydrogens (primary N) is 1. The summed E-state index contributed by atoms with van der Waals surface area (Å²) < 4.78 is 6.64. The number of carbonyl (C=O) groups is 2. The highest BCUT2D eigenvalue weighted by atomic mass is 79.9. The molecule has 0 saturated heterocycles. The van der Waals surface area contributed by atoms with Crippen LogP contribution < -0.4 is 11.1 Å². The summed E-state index contributed by atoms with van der Waals surface area (Å²) in [6.07, 6.45) is 4.30. The van der Waals surface area contributed by atoms with Gasteiger partial charge < -0.3 is 15.8 Å². The zero-order valence-corrected chi connectivity index (χ0v) is 18.1. The Morgan fingerprint density at radius 2 is 2.00 bits per heavy atom. The molecule has 1 heterocycles. The summed E-state index contributed by atoms with van der Waals surface area (Å²) in [6.45, 7) is 5.35. The number of carbonyl (C=O) groups excluding carboxylic acids is 2. The Hall–Kier alpha value is -2.35. The Morgan fingerprint density at radius 1 is 1.25 bits per heavy atom. The van der Waals surface area contributed by atoms with Crippen LogP contribution in [0, 0.1) is 0 Å². The molecule has 0 bridgehead atoms. The van der Waals surface area contributed by atoms with E-state index in [0.29, 0.717) is 23.4 Å². The quantitative estimate of drug-likeness (QED) is 0.465. The average Bonchev–Trinajstić information content (AvgIpc) is 2.99. The number of hydrogen-bond donors (Lipinski definition) is 2. The number of nitrogen functional groups attached to an aromatic ring is 1. The van der Waals surface area contributed by atoms with Crippen LogP contribution >= 0.6 is 15.9 Å². The highest BCUT2D eigenvalue weighted by molar-refractivity contribution is 9.09. The van der Waals surface area contributed by atoms with Crippen LogP contribution in [0.5, 0.6) is 0 Å². The number of hydrogen-bond acceptors (Lipinski definition) is 5. The van der Waals surface area contributed by atoms with Gasteiger partial charge in [-0.1, -0.05) is 34.5 Å². The molecule has 0 saturated carbocycles. The lowest BCUT2D eigenvalue weighted by Crippen LogP contribution is -2.28. The summed E-state index contributed by atoms with van der Waals surface area (Å²) in [5.41, 5.74) is 7.07. The fraction of sp³-hybridized carbons (Fsp3) is 0.450. The molecule has 3 N–H and O–H groups in total. The molecule has 0 unspecified atom stereocenters. The Labute approximate surface area is 173 Å². The third-order valence-corrected chi connectivity index (χ3v) is 4.41. The van der Waals surface area contributed by atoms with Crippen LogP contribution in [0.4, 0.5) is 16.4 Å². The molecule has 0 aliphatic heterocycles. The normalized spacial score (nSPS) is 11.3. The SMILES string of the molecule is CC(C)(C)OC(=O)n1c(-c2cccc(NC(=O)CCCCCBr)c2)cnc1N. The average molecular weight is 451 g/mol. The van der Waals surface area contributed by atoms with Gasteiger partial charge in [-0.05, 0) is 45.7 Å². The fourth-order valence-electron chi connectivity index (χ4n) is 2.61. The van der Waals surface area contributed by atoms with Crippen LogP contribution in [0.15, 0.2) is 30.5 Å². The maximum absolute atomic E-state index is 12.5. The molecule has 0 spiro atoms. The third-order valence-electron chi connectivity index (χ3n) is 3.84. The molecule has 8 heteroatoms. The van der Waals surface area contributed by atoms with E-state index in [-0.39, 0.29) is 11.9 Å². The van der Waals surface area contributed by atoms with Gasteiger partial charge in [0, 0.05) is 23.0 Å². The van der Waals surface area contributed by atoms with Crippen LogP contribution in [0.25, 0.3) is 11.3 Å². The first-order chi connectivity index (χ1) is 13.2. The molecule has 0 aliphatic carbocycles. The van der Waals surface area contributed by atoms with Crippen molar-refractivity contribution in [3.8, 4) is 11.3 Å². The number of ether oxygens (including phenoxy) is 1. The first-order valence-electron chi connectivity index (χ1n) is 9.24. The highest BCUT2D eigenvalue weighted by Crippen LogP contribution is 2.26. The van der Waals surface area contributed by atoms with Gasteiger partial charge in [0.25, 0.3) is 0 Å². The van der Waals surface area contributed by atoms with Crippen molar-refractivity contribution >= 4 is 39.6 Å². The van der Waals surface area contributed by atoms with E-state index in [0.717, 1.165) is 24.6 Å². The van der Waals surface area contributed by atoms with E-state index in [2.05, 4.69) is 26.2 Å². The van der Waals surface area contributed by atoms with Crippen LogP contribution in [-0.2, 0) is 9.53 Å². The standard InChI is InChI=1S/C20H27BrN4O3/c1-20(2,3)28-19(27)25-16(13-23-18(25)22)14-8-7-9-15(12-14)24-17(26)10-5-4-6-11-21/h7-9,12-13H,4-6,10-11H2,1-3H3,(H2,22,23)(H,24,26). The highest BCUT2D eigenvalue weighted by Gasteiger charge is 2.23. The minimum Gasteiger partial charge on any atom is -0.443 e. The predicted octanol–water partition coefficient (Wildman–Crippen LogP) is 4.81. The number of anilines is 2. The van der Waals surface area contributed by atoms with Crippen molar-refractivity contribution in [2.24, 2.45) is 0 Å². The lowest BCUT2D eigenvalue weighted by molar-refractivity contribution is -0.116.